The molecule has 3 heterocycles. The van der Waals surface area contributed by atoms with Crippen LogP contribution in [0.15, 0.2) is 54.6 Å². The summed E-state index contributed by atoms with van der Waals surface area (Å²) < 4.78 is 57.2. The lowest BCUT2D eigenvalue weighted by atomic mass is 10.1. The van der Waals surface area contributed by atoms with Crippen LogP contribution in [-0.4, -0.2) is 30.3 Å². The molecule has 0 saturated carbocycles. The van der Waals surface area contributed by atoms with Crippen molar-refractivity contribution in [2.24, 2.45) is 0 Å². The molecule has 2 aromatic carbocycles. The van der Waals surface area contributed by atoms with Gasteiger partial charge in [0.2, 0.25) is 0 Å². The van der Waals surface area contributed by atoms with Gasteiger partial charge in [-0.2, -0.15) is 23.4 Å². The van der Waals surface area contributed by atoms with E-state index >= 15 is 0 Å². The standard InChI is InChI=1S/C26H18Cl2F4N6O/c1-13-24(14(2)37(35-13)12-16-3-6-17(27)9-19(16)28)34-25(39)21-11-23-33-20(15-4-7-18(29)8-5-15)10-22(26(30,31)32)38(23)36-21/h3-11H,12H2,1-2H3,(H,34,39). The number of halogens is 6. The van der Waals surface area contributed by atoms with Crippen LogP contribution in [-0.2, 0) is 12.7 Å². The van der Waals surface area contributed by atoms with Crippen LogP contribution in [0.25, 0.3) is 16.9 Å². The lowest BCUT2D eigenvalue weighted by Gasteiger charge is -2.11. The number of rotatable bonds is 5. The first kappa shape index (κ1) is 26.6. The Morgan fingerprint density at radius 2 is 1.72 bits per heavy atom. The van der Waals surface area contributed by atoms with Crippen molar-refractivity contribution >= 4 is 40.4 Å². The van der Waals surface area contributed by atoms with Crippen molar-refractivity contribution in [2.75, 3.05) is 5.32 Å². The zero-order valence-corrected chi connectivity index (χ0v) is 21.8. The summed E-state index contributed by atoms with van der Waals surface area (Å²) in [5.74, 6) is -1.28. The first-order valence-electron chi connectivity index (χ1n) is 11.4. The molecule has 0 spiro atoms. The van der Waals surface area contributed by atoms with E-state index in [1.54, 1.807) is 36.7 Å². The molecular weight excluding hydrogens is 559 g/mol. The van der Waals surface area contributed by atoms with Crippen LogP contribution >= 0.6 is 23.2 Å². The molecule has 0 saturated heterocycles. The Hall–Kier alpha value is -3.96. The van der Waals surface area contributed by atoms with Gasteiger partial charge in [0.15, 0.2) is 17.0 Å². The molecule has 0 aliphatic heterocycles. The Balaban J connectivity index is 1.47. The Labute approximate surface area is 229 Å². The third-order valence-electron chi connectivity index (χ3n) is 6.05. The van der Waals surface area contributed by atoms with E-state index < -0.39 is 23.6 Å². The van der Waals surface area contributed by atoms with Crippen LogP contribution < -0.4 is 5.32 Å². The van der Waals surface area contributed by atoms with E-state index in [9.17, 15) is 22.4 Å². The van der Waals surface area contributed by atoms with Crippen LogP contribution in [0.3, 0.4) is 0 Å². The zero-order chi connectivity index (χ0) is 28.1. The third kappa shape index (κ3) is 5.32. The van der Waals surface area contributed by atoms with Gasteiger partial charge in [-0.15, -0.1) is 0 Å². The average Bonchev–Trinajstić information content (AvgIpc) is 3.41. The predicted octanol–water partition coefficient (Wildman–Crippen LogP) is 6.97. The van der Waals surface area contributed by atoms with E-state index in [2.05, 4.69) is 20.5 Å². The number of fused-ring (bicyclic) bond motifs is 1. The predicted molar refractivity (Wildman–Crippen MR) is 139 cm³/mol. The van der Waals surface area contributed by atoms with Crippen molar-refractivity contribution in [1.82, 2.24) is 24.4 Å². The fourth-order valence-electron chi connectivity index (χ4n) is 4.08. The van der Waals surface area contributed by atoms with E-state index in [0.29, 0.717) is 38.2 Å². The fraction of sp³-hybridized carbons (Fsp3) is 0.154. The van der Waals surface area contributed by atoms with Crippen molar-refractivity contribution in [3.8, 4) is 11.3 Å². The summed E-state index contributed by atoms with van der Waals surface area (Å²) in [6.07, 6.45) is -4.80. The monoisotopic (exact) mass is 576 g/mol. The molecule has 0 unspecified atom stereocenters. The highest BCUT2D eigenvalue weighted by molar-refractivity contribution is 6.35. The lowest BCUT2D eigenvalue weighted by Crippen LogP contribution is -2.16. The van der Waals surface area contributed by atoms with E-state index in [-0.39, 0.29) is 22.6 Å². The van der Waals surface area contributed by atoms with Gasteiger partial charge in [-0.05, 0) is 61.9 Å². The Morgan fingerprint density at radius 1 is 1.00 bits per heavy atom. The van der Waals surface area contributed by atoms with Crippen molar-refractivity contribution in [2.45, 2.75) is 26.6 Å². The SMILES string of the molecule is Cc1nn(Cc2ccc(Cl)cc2Cl)c(C)c1NC(=O)c1cc2nc(-c3ccc(F)cc3)cc(C(F)(F)F)n2n1. The van der Waals surface area contributed by atoms with E-state index in [1.807, 2.05) is 0 Å². The van der Waals surface area contributed by atoms with Gasteiger partial charge in [0.25, 0.3) is 5.91 Å². The number of alkyl halides is 3. The van der Waals surface area contributed by atoms with Gasteiger partial charge in [0.1, 0.15) is 5.82 Å². The van der Waals surface area contributed by atoms with Crippen LogP contribution in [0.2, 0.25) is 10.0 Å². The van der Waals surface area contributed by atoms with Gasteiger partial charge >= 0.3 is 6.18 Å². The summed E-state index contributed by atoms with van der Waals surface area (Å²) >= 11 is 12.2. The normalized spacial score (nSPS) is 11.8. The molecule has 5 rings (SSSR count). The van der Waals surface area contributed by atoms with Gasteiger partial charge in [-0.25, -0.2) is 13.9 Å². The number of aromatic nitrogens is 5. The smallest absolute Gasteiger partial charge is 0.317 e. The molecule has 5 aromatic rings. The number of carbonyl (C=O) groups excluding carboxylic acids is 1. The molecule has 1 N–H and O–H groups in total. The summed E-state index contributed by atoms with van der Waals surface area (Å²) in [7, 11) is 0. The molecule has 200 valence electrons. The minimum Gasteiger partial charge on any atom is -0.317 e. The number of nitrogens with one attached hydrogen (secondary N) is 1. The van der Waals surface area contributed by atoms with Crippen LogP contribution in [0.5, 0.6) is 0 Å². The third-order valence-corrected chi connectivity index (χ3v) is 6.63. The van der Waals surface area contributed by atoms with Crippen molar-refractivity contribution in [1.29, 1.82) is 0 Å². The molecule has 0 aliphatic carbocycles. The van der Waals surface area contributed by atoms with Crippen molar-refractivity contribution in [3.63, 3.8) is 0 Å². The van der Waals surface area contributed by atoms with Crippen LogP contribution in [0, 0.1) is 19.7 Å². The number of hydrogen-bond acceptors (Lipinski definition) is 4. The molecule has 0 aliphatic rings. The number of carbonyl (C=O) groups is 1. The minimum absolute atomic E-state index is 0.0458. The lowest BCUT2D eigenvalue weighted by molar-refractivity contribution is -0.142. The van der Waals surface area contributed by atoms with Gasteiger partial charge in [0.05, 0.1) is 29.3 Å². The number of benzene rings is 2. The second kappa shape index (κ2) is 9.97. The summed E-state index contributed by atoms with van der Waals surface area (Å²) in [6.45, 7) is 3.73. The first-order chi connectivity index (χ1) is 18.4. The summed E-state index contributed by atoms with van der Waals surface area (Å²) in [4.78, 5) is 17.3. The van der Waals surface area contributed by atoms with Crippen molar-refractivity contribution in [3.05, 3.63) is 98.8 Å². The highest BCUT2D eigenvalue weighted by Crippen LogP contribution is 2.33. The molecule has 7 nitrogen and oxygen atoms in total. The van der Waals surface area contributed by atoms with Crippen LogP contribution in [0.4, 0.5) is 23.2 Å². The highest BCUT2D eigenvalue weighted by Gasteiger charge is 2.36. The van der Waals surface area contributed by atoms with Gasteiger partial charge < -0.3 is 5.32 Å². The summed E-state index contributed by atoms with van der Waals surface area (Å²) in [5.41, 5.74) is 0.848. The highest BCUT2D eigenvalue weighted by atomic mass is 35.5. The minimum atomic E-state index is -4.80. The topological polar surface area (TPSA) is 77.1 Å². The van der Waals surface area contributed by atoms with Crippen LogP contribution in [0.1, 0.15) is 33.1 Å². The largest absolute Gasteiger partial charge is 0.433 e. The number of aryl methyl sites for hydroxylation is 1. The molecular formula is C26H18Cl2F4N6O. The van der Waals surface area contributed by atoms with Crippen molar-refractivity contribution < 1.29 is 22.4 Å². The molecule has 3 aromatic heterocycles. The van der Waals surface area contributed by atoms with E-state index in [4.69, 9.17) is 23.2 Å². The molecule has 0 bridgehead atoms. The number of amides is 1. The quantitative estimate of drug-likeness (QED) is 0.229. The van der Waals surface area contributed by atoms with Gasteiger partial charge in [-0.3, -0.25) is 9.48 Å². The molecule has 13 heteroatoms. The Bertz CT molecular complexity index is 1730. The molecule has 0 fully saturated rings. The fourth-order valence-corrected chi connectivity index (χ4v) is 4.54. The maximum absolute atomic E-state index is 13.9. The maximum Gasteiger partial charge on any atom is 0.433 e. The summed E-state index contributed by atoms with van der Waals surface area (Å²) in [6, 6.07) is 11.9. The van der Waals surface area contributed by atoms with Gasteiger partial charge in [0, 0.05) is 21.7 Å². The first-order valence-corrected chi connectivity index (χ1v) is 12.2. The van der Waals surface area contributed by atoms with E-state index in [0.717, 1.165) is 29.8 Å². The zero-order valence-electron chi connectivity index (χ0n) is 20.3. The molecule has 39 heavy (non-hydrogen) atoms. The number of nitrogens with zero attached hydrogens (tertiary/aromatic N) is 5. The second-order valence-corrected chi connectivity index (χ2v) is 9.57. The second-order valence-electron chi connectivity index (χ2n) is 8.72. The average molecular weight is 577 g/mol. The maximum atomic E-state index is 13.9. The number of anilines is 1. The molecule has 0 atom stereocenters. The van der Waals surface area contributed by atoms with Gasteiger partial charge in [-0.1, -0.05) is 29.3 Å². The van der Waals surface area contributed by atoms with E-state index in [1.165, 1.54) is 12.1 Å². The summed E-state index contributed by atoms with van der Waals surface area (Å²) in [5, 5.41) is 12.0. The molecule has 0 radical (unpaired) electrons. The molecule has 1 amide bonds. The Morgan fingerprint density at radius 3 is 2.38 bits per heavy atom. The number of hydrogen-bond donors (Lipinski definition) is 1. The Kier molecular flexibility index (Phi) is 6.81.